The fourth-order valence-corrected chi connectivity index (χ4v) is 3.45. The Balaban J connectivity index is 1.69. The lowest BCUT2D eigenvalue weighted by Gasteiger charge is -2.34. The van der Waals surface area contributed by atoms with Gasteiger partial charge in [-0.05, 0) is 58.5 Å². The highest BCUT2D eigenvalue weighted by Gasteiger charge is 2.28. The molecule has 0 aromatic heterocycles. The van der Waals surface area contributed by atoms with E-state index in [4.69, 9.17) is 4.74 Å². The summed E-state index contributed by atoms with van der Waals surface area (Å²) in [4.78, 5) is 2.55. The van der Waals surface area contributed by atoms with Gasteiger partial charge in [0.1, 0.15) is 0 Å². The molecule has 0 amide bonds. The second kappa shape index (κ2) is 6.88. The van der Waals surface area contributed by atoms with Crippen LogP contribution in [0.1, 0.15) is 45.4 Å². The van der Waals surface area contributed by atoms with Crippen molar-refractivity contribution in [1.29, 1.82) is 0 Å². The minimum absolute atomic E-state index is 0.444. The third-order valence-electron chi connectivity index (χ3n) is 4.73. The van der Waals surface area contributed by atoms with Crippen LogP contribution in [0.5, 0.6) is 0 Å². The number of hydrogen-bond acceptors (Lipinski definition) is 3. The first-order chi connectivity index (χ1) is 8.69. The lowest BCUT2D eigenvalue weighted by molar-refractivity contribution is 0.0165. The van der Waals surface area contributed by atoms with E-state index in [1.807, 2.05) is 7.05 Å². The summed E-state index contributed by atoms with van der Waals surface area (Å²) >= 11 is 0. The van der Waals surface area contributed by atoms with Crippen LogP contribution in [0.4, 0.5) is 0 Å². The van der Waals surface area contributed by atoms with Gasteiger partial charge in [0, 0.05) is 19.1 Å². The normalized spacial score (nSPS) is 37.3. The van der Waals surface area contributed by atoms with Gasteiger partial charge in [0.2, 0.25) is 0 Å². The van der Waals surface area contributed by atoms with E-state index in [9.17, 15) is 0 Å². The van der Waals surface area contributed by atoms with Crippen LogP contribution in [0.2, 0.25) is 0 Å². The molecule has 2 atom stereocenters. The maximum Gasteiger partial charge on any atom is 0.0707 e. The van der Waals surface area contributed by atoms with Crippen molar-refractivity contribution in [2.45, 2.75) is 63.7 Å². The fourth-order valence-electron chi connectivity index (χ4n) is 3.45. The quantitative estimate of drug-likeness (QED) is 0.814. The van der Waals surface area contributed by atoms with Crippen LogP contribution in [0.25, 0.3) is 0 Å². The molecular formula is C15H30N2O. The molecule has 2 rings (SSSR count). The van der Waals surface area contributed by atoms with Gasteiger partial charge >= 0.3 is 0 Å². The van der Waals surface area contributed by atoms with E-state index < -0.39 is 0 Å². The number of hydrogen-bond donors (Lipinski definition) is 1. The molecule has 3 heteroatoms. The minimum atomic E-state index is 0.444. The highest BCUT2D eigenvalue weighted by molar-refractivity contribution is 4.81. The lowest BCUT2D eigenvalue weighted by atomic mass is 9.86. The van der Waals surface area contributed by atoms with Gasteiger partial charge in [0.05, 0.1) is 12.2 Å². The maximum atomic E-state index is 6.08. The molecule has 2 fully saturated rings. The van der Waals surface area contributed by atoms with Gasteiger partial charge in [-0.3, -0.25) is 0 Å². The number of rotatable bonds is 5. The zero-order valence-corrected chi connectivity index (χ0v) is 12.3. The van der Waals surface area contributed by atoms with E-state index in [2.05, 4.69) is 24.2 Å². The molecule has 1 saturated carbocycles. The summed E-state index contributed by atoms with van der Waals surface area (Å²) in [6.45, 7) is 4.51. The summed E-state index contributed by atoms with van der Waals surface area (Å²) in [7, 11) is 4.29. The molecule has 2 unspecified atom stereocenters. The van der Waals surface area contributed by atoms with Crippen LogP contribution in [0.15, 0.2) is 0 Å². The van der Waals surface area contributed by atoms with E-state index in [1.165, 1.54) is 38.5 Å². The monoisotopic (exact) mass is 254 g/mol. The second-order valence-corrected chi connectivity index (χ2v) is 6.37. The van der Waals surface area contributed by atoms with Gasteiger partial charge in [0.25, 0.3) is 0 Å². The molecule has 2 aliphatic rings. The summed E-state index contributed by atoms with van der Waals surface area (Å²) in [6.07, 6.45) is 8.94. The molecule has 1 N–H and O–H groups in total. The molecule has 1 aliphatic heterocycles. The van der Waals surface area contributed by atoms with E-state index in [0.29, 0.717) is 12.2 Å². The molecule has 18 heavy (non-hydrogen) atoms. The molecule has 106 valence electrons. The van der Waals surface area contributed by atoms with Crippen LogP contribution >= 0.6 is 0 Å². The van der Waals surface area contributed by atoms with Crippen LogP contribution < -0.4 is 5.32 Å². The van der Waals surface area contributed by atoms with Crippen LogP contribution in [0, 0.1) is 5.92 Å². The Labute approximate surface area is 112 Å². The summed E-state index contributed by atoms with van der Waals surface area (Å²) in [6, 6.07) is 0.799. The van der Waals surface area contributed by atoms with Gasteiger partial charge in [-0.25, -0.2) is 0 Å². The first kappa shape index (κ1) is 14.3. The number of nitrogens with one attached hydrogen (secondary N) is 1. The molecule has 0 spiro atoms. The van der Waals surface area contributed by atoms with Crippen molar-refractivity contribution in [3.63, 3.8) is 0 Å². The highest BCUT2D eigenvalue weighted by Crippen LogP contribution is 2.28. The van der Waals surface area contributed by atoms with Crippen LogP contribution in [-0.2, 0) is 4.74 Å². The third-order valence-corrected chi connectivity index (χ3v) is 4.73. The SMILES string of the molecule is CNCC1CCC(CN(C)C2CCC(C)CC2)O1. The molecule has 1 heterocycles. The average Bonchev–Trinajstić information content (AvgIpc) is 2.78. The Kier molecular flexibility index (Phi) is 5.46. The molecule has 1 aliphatic carbocycles. The van der Waals surface area contributed by atoms with Crippen molar-refractivity contribution in [2.75, 3.05) is 27.2 Å². The molecule has 1 saturated heterocycles. The summed E-state index contributed by atoms with van der Waals surface area (Å²) in [5.74, 6) is 0.942. The van der Waals surface area contributed by atoms with Crippen LogP contribution in [-0.4, -0.2) is 50.3 Å². The lowest BCUT2D eigenvalue weighted by Crippen LogP contribution is -2.39. The largest absolute Gasteiger partial charge is 0.372 e. The molecule has 0 aromatic rings. The van der Waals surface area contributed by atoms with Gasteiger partial charge in [-0.2, -0.15) is 0 Å². The Morgan fingerprint density at radius 1 is 1.06 bits per heavy atom. The smallest absolute Gasteiger partial charge is 0.0707 e. The van der Waals surface area contributed by atoms with E-state index >= 15 is 0 Å². The number of likely N-dealkylation sites (N-methyl/N-ethyl adjacent to an activating group) is 2. The van der Waals surface area contributed by atoms with Crippen molar-refractivity contribution in [1.82, 2.24) is 10.2 Å². The predicted molar refractivity (Wildman–Crippen MR) is 75.9 cm³/mol. The summed E-state index contributed by atoms with van der Waals surface area (Å²) < 4.78 is 6.08. The van der Waals surface area contributed by atoms with Crippen molar-refractivity contribution in [2.24, 2.45) is 5.92 Å². The average molecular weight is 254 g/mol. The fraction of sp³-hybridized carbons (Fsp3) is 1.00. The molecule has 3 nitrogen and oxygen atoms in total. The van der Waals surface area contributed by atoms with Gasteiger partial charge in [-0.15, -0.1) is 0 Å². The first-order valence-corrected chi connectivity index (χ1v) is 7.69. The Hall–Kier alpha value is -0.120. The Morgan fingerprint density at radius 2 is 1.72 bits per heavy atom. The zero-order valence-electron chi connectivity index (χ0n) is 12.3. The Bertz CT molecular complexity index is 239. The van der Waals surface area contributed by atoms with Crippen molar-refractivity contribution in [3.8, 4) is 0 Å². The highest BCUT2D eigenvalue weighted by atomic mass is 16.5. The zero-order chi connectivity index (χ0) is 13.0. The second-order valence-electron chi connectivity index (χ2n) is 6.37. The molecule has 0 radical (unpaired) electrons. The first-order valence-electron chi connectivity index (χ1n) is 7.69. The molecule has 0 aromatic carbocycles. The Morgan fingerprint density at radius 3 is 2.39 bits per heavy atom. The maximum absolute atomic E-state index is 6.08. The molecule has 0 bridgehead atoms. The van der Waals surface area contributed by atoms with Gasteiger partial charge < -0.3 is 15.0 Å². The minimum Gasteiger partial charge on any atom is -0.372 e. The van der Waals surface area contributed by atoms with Crippen molar-refractivity contribution >= 4 is 0 Å². The summed E-state index contributed by atoms with van der Waals surface area (Å²) in [5, 5.41) is 3.21. The van der Waals surface area contributed by atoms with Crippen molar-refractivity contribution in [3.05, 3.63) is 0 Å². The van der Waals surface area contributed by atoms with Crippen LogP contribution in [0.3, 0.4) is 0 Å². The third kappa shape index (κ3) is 3.94. The topological polar surface area (TPSA) is 24.5 Å². The standard InChI is InChI=1S/C15H30N2O/c1-12-4-6-13(7-5-12)17(3)11-15-9-8-14(18-15)10-16-2/h12-16H,4-11H2,1-3H3. The van der Waals surface area contributed by atoms with Crippen molar-refractivity contribution < 1.29 is 4.74 Å². The predicted octanol–water partition coefficient (Wildman–Crippen LogP) is 2.26. The van der Waals surface area contributed by atoms with E-state index in [-0.39, 0.29) is 0 Å². The molecular weight excluding hydrogens is 224 g/mol. The number of ether oxygens (including phenoxy) is 1. The number of nitrogens with zero attached hydrogens (tertiary/aromatic N) is 1. The van der Waals surface area contributed by atoms with E-state index in [0.717, 1.165) is 25.0 Å². The summed E-state index contributed by atoms with van der Waals surface area (Å²) in [5.41, 5.74) is 0. The van der Waals surface area contributed by atoms with E-state index in [1.54, 1.807) is 0 Å². The van der Waals surface area contributed by atoms with Gasteiger partial charge in [0.15, 0.2) is 0 Å². The van der Waals surface area contributed by atoms with Gasteiger partial charge in [-0.1, -0.05) is 6.92 Å².